The molecule has 14 heavy (non-hydrogen) atoms. The smallest absolute Gasteiger partial charge is 0.200 e. The van der Waals surface area contributed by atoms with Crippen LogP contribution in [-0.2, 0) is 0 Å². The molecule has 2 unspecified atom stereocenters. The fourth-order valence-corrected chi connectivity index (χ4v) is 1.77. The number of phenolic OH excluding ortho intramolecular Hbond substituents is 3. The highest BCUT2D eigenvalue weighted by atomic mass is 16.3. The molecule has 0 bridgehead atoms. The molecule has 1 aromatic rings. The summed E-state index contributed by atoms with van der Waals surface area (Å²) in [5.41, 5.74) is 6.16. The van der Waals surface area contributed by atoms with Gasteiger partial charge in [0.05, 0.1) is 0 Å². The minimum Gasteiger partial charge on any atom is -0.504 e. The number of hydrogen-bond acceptors (Lipinski definition) is 4. The average Bonchev–Trinajstić information content (AvgIpc) is 2.94. The minimum absolute atomic E-state index is 0.217. The summed E-state index contributed by atoms with van der Waals surface area (Å²) in [4.78, 5) is 0. The Kier molecular flexibility index (Phi) is 2.00. The molecule has 1 aromatic carbocycles. The molecule has 1 aliphatic carbocycles. The van der Waals surface area contributed by atoms with Crippen molar-refractivity contribution in [3.05, 3.63) is 17.7 Å². The van der Waals surface area contributed by atoms with Gasteiger partial charge in [-0.25, -0.2) is 0 Å². The maximum Gasteiger partial charge on any atom is 0.200 e. The highest BCUT2D eigenvalue weighted by molar-refractivity contribution is 5.55. The summed E-state index contributed by atoms with van der Waals surface area (Å²) in [6.07, 6.45) is 0.939. The predicted octanol–water partition coefficient (Wildman–Crippen LogP) is 0.866. The van der Waals surface area contributed by atoms with Gasteiger partial charge in [-0.2, -0.15) is 0 Å². The van der Waals surface area contributed by atoms with E-state index in [2.05, 4.69) is 0 Å². The zero-order valence-corrected chi connectivity index (χ0v) is 7.64. The Morgan fingerprint density at radius 1 is 1.21 bits per heavy atom. The van der Waals surface area contributed by atoms with Gasteiger partial charge in [-0.1, -0.05) is 6.07 Å². The van der Waals surface area contributed by atoms with E-state index in [9.17, 15) is 10.2 Å². The second-order valence-electron chi connectivity index (χ2n) is 3.71. The average molecular weight is 195 g/mol. The van der Waals surface area contributed by atoms with Gasteiger partial charge in [0.2, 0.25) is 5.75 Å². The van der Waals surface area contributed by atoms with Crippen molar-refractivity contribution in [2.75, 3.05) is 6.54 Å². The first-order valence-corrected chi connectivity index (χ1v) is 4.59. The molecule has 1 saturated carbocycles. The predicted molar refractivity (Wildman–Crippen MR) is 51.3 cm³/mol. The van der Waals surface area contributed by atoms with E-state index in [0.717, 1.165) is 6.42 Å². The molecule has 2 rings (SSSR count). The van der Waals surface area contributed by atoms with Gasteiger partial charge < -0.3 is 21.1 Å². The fourth-order valence-electron chi connectivity index (χ4n) is 1.77. The first kappa shape index (κ1) is 9.15. The van der Waals surface area contributed by atoms with Gasteiger partial charge in [-0.05, 0) is 30.9 Å². The summed E-state index contributed by atoms with van der Waals surface area (Å²) >= 11 is 0. The summed E-state index contributed by atoms with van der Waals surface area (Å²) < 4.78 is 0. The third kappa shape index (κ3) is 1.28. The molecule has 4 heteroatoms. The molecule has 0 saturated heterocycles. The lowest BCUT2D eigenvalue weighted by atomic mass is 10.1. The fraction of sp³-hybridized carbons (Fsp3) is 0.400. The minimum atomic E-state index is -0.440. The lowest BCUT2D eigenvalue weighted by molar-refractivity contribution is 0.365. The molecule has 0 aromatic heterocycles. The summed E-state index contributed by atoms with van der Waals surface area (Å²) in [6.45, 7) is 0.589. The van der Waals surface area contributed by atoms with E-state index in [1.165, 1.54) is 6.07 Å². The molecule has 76 valence electrons. The van der Waals surface area contributed by atoms with Crippen molar-refractivity contribution < 1.29 is 15.3 Å². The maximum absolute atomic E-state index is 9.55. The number of benzene rings is 1. The van der Waals surface area contributed by atoms with Crippen LogP contribution in [0.5, 0.6) is 17.2 Å². The van der Waals surface area contributed by atoms with Gasteiger partial charge in [0, 0.05) is 5.56 Å². The molecule has 2 atom stereocenters. The molecular formula is C10H13NO3. The van der Waals surface area contributed by atoms with Gasteiger partial charge >= 0.3 is 0 Å². The van der Waals surface area contributed by atoms with Crippen LogP contribution in [0.15, 0.2) is 12.1 Å². The van der Waals surface area contributed by atoms with Crippen LogP contribution in [0.3, 0.4) is 0 Å². The second kappa shape index (κ2) is 3.06. The third-order valence-corrected chi connectivity index (χ3v) is 2.79. The van der Waals surface area contributed by atoms with E-state index in [1.807, 2.05) is 0 Å². The first-order chi connectivity index (χ1) is 6.65. The van der Waals surface area contributed by atoms with Crippen LogP contribution in [-0.4, -0.2) is 21.9 Å². The van der Waals surface area contributed by atoms with Gasteiger partial charge in [-0.15, -0.1) is 0 Å². The number of nitrogens with two attached hydrogens (primary N) is 1. The van der Waals surface area contributed by atoms with Crippen LogP contribution in [0.2, 0.25) is 0 Å². The molecule has 0 radical (unpaired) electrons. The normalized spacial score (nSPS) is 24.9. The summed E-state index contributed by atoms with van der Waals surface area (Å²) in [6, 6.07) is 3.01. The zero-order valence-electron chi connectivity index (χ0n) is 7.64. The van der Waals surface area contributed by atoms with E-state index in [1.54, 1.807) is 6.07 Å². The van der Waals surface area contributed by atoms with Crippen molar-refractivity contribution in [3.63, 3.8) is 0 Å². The Morgan fingerprint density at radius 2 is 1.93 bits per heavy atom. The Morgan fingerprint density at radius 3 is 2.50 bits per heavy atom. The van der Waals surface area contributed by atoms with E-state index < -0.39 is 5.75 Å². The van der Waals surface area contributed by atoms with Crippen LogP contribution in [0, 0.1) is 5.92 Å². The van der Waals surface area contributed by atoms with Crippen LogP contribution < -0.4 is 5.73 Å². The summed E-state index contributed by atoms with van der Waals surface area (Å²) in [5.74, 6) is -0.330. The standard InChI is InChI=1S/C10H13NO3/c11-4-5-3-7(5)6-1-2-8(12)10(14)9(6)13/h1-2,5,7,12-14H,3-4,11H2. The lowest BCUT2D eigenvalue weighted by Gasteiger charge is -2.06. The molecular weight excluding hydrogens is 182 g/mol. The molecule has 0 aliphatic heterocycles. The van der Waals surface area contributed by atoms with E-state index in [4.69, 9.17) is 10.8 Å². The summed E-state index contributed by atoms with van der Waals surface area (Å²) in [5, 5.41) is 28.0. The molecule has 5 N–H and O–H groups in total. The van der Waals surface area contributed by atoms with Crippen molar-refractivity contribution in [2.24, 2.45) is 11.7 Å². The molecule has 0 spiro atoms. The third-order valence-electron chi connectivity index (χ3n) is 2.79. The van der Waals surface area contributed by atoms with Crippen molar-refractivity contribution in [2.45, 2.75) is 12.3 Å². The number of hydrogen-bond donors (Lipinski definition) is 4. The van der Waals surface area contributed by atoms with E-state index in [-0.39, 0.29) is 17.4 Å². The van der Waals surface area contributed by atoms with Gasteiger partial charge in [0.25, 0.3) is 0 Å². The second-order valence-corrected chi connectivity index (χ2v) is 3.71. The van der Waals surface area contributed by atoms with Gasteiger partial charge in [0.15, 0.2) is 11.5 Å². The Labute approximate surface area is 81.6 Å². The Bertz CT molecular complexity index is 365. The lowest BCUT2D eigenvalue weighted by Crippen LogP contribution is -2.01. The largest absolute Gasteiger partial charge is 0.504 e. The number of phenols is 3. The van der Waals surface area contributed by atoms with Crippen molar-refractivity contribution in [3.8, 4) is 17.2 Å². The molecule has 0 heterocycles. The molecule has 4 nitrogen and oxygen atoms in total. The number of aromatic hydroxyl groups is 3. The van der Waals surface area contributed by atoms with Gasteiger partial charge in [0.1, 0.15) is 0 Å². The van der Waals surface area contributed by atoms with Crippen molar-refractivity contribution in [1.82, 2.24) is 0 Å². The summed E-state index contributed by atoms with van der Waals surface area (Å²) in [7, 11) is 0. The SMILES string of the molecule is NCC1CC1c1ccc(O)c(O)c1O. The van der Waals surface area contributed by atoms with Crippen molar-refractivity contribution in [1.29, 1.82) is 0 Å². The maximum atomic E-state index is 9.55. The monoisotopic (exact) mass is 195 g/mol. The molecule has 0 amide bonds. The quantitative estimate of drug-likeness (QED) is 0.527. The van der Waals surface area contributed by atoms with Crippen LogP contribution in [0.25, 0.3) is 0 Å². The highest BCUT2D eigenvalue weighted by Gasteiger charge is 2.39. The molecule has 1 fully saturated rings. The first-order valence-electron chi connectivity index (χ1n) is 4.59. The zero-order chi connectivity index (χ0) is 10.3. The highest BCUT2D eigenvalue weighted by Crippen LogP contribution is 2.52. The van der Waals surface area contributed by atoms with Crippen molar-refractivity contribution >= 4 is 0 Å². The number of rotatable bonds is 2. The Balaban J connectivity index is 2.32. The topological polar surface area (TPSA) is 86.7 Å². The van der Waals surface area contributed by atoms with E-state index in [0.29, 0.717) is 18.0 Å². The Hall–Kier alpha value is -1.42. The van der Waals surface area contributed by atoms with Crippen LogP contribution in [0.4, 0.5) is 0 Å². The van der Waals surface area contributed by atoms with E-state index >= 15 is 0 Å². The van der Waals surface area contributed by atoms with Crippen LogP contribution in [0.1, 0.15) is 17.9 Å². The molecule has 1 aliphatic rings. The van der Waals surface area contributed by atoms with Gasteiger partial charge in [-0.3, -0.25) is 0 Å². The van der Waals surface area contributed by atoms with Crippen LogP contribution >= 0.6 is 0 Å².